The number of hydrogen-bond acceptors (Lipinski definition) is 2. The minimum Gasteiger partial charge on any atom is -1.00 e. The Balaban J connectivity index is 0. The zero-order valence-corrected chi connectivity index (χ0v) is 10.4. The number of rotatable bonds is 2. The maximum atomic E-state index is 10.9. The van der Waals surface area contributed by atoms with Crippen molar-refractivity contribution in [3.8, 4) is 0 Å². The average Bonchev–Trinajstić information content (AvgIpc) is 2.04. The van der Waals surface area contributed by atoms with E-state index in [1.54, 1.807) is 18.2 Å². The Hall–Kier alpha value is -0.0500. The maximum Gasteiger partial charge on any atom is 1.00 e. The van der Waals surface area contributed by atoms with Crippen LogP contribution in [0.4, 0.5) is 0 Å². The monoisotopic (exact) mass is 207 g/mol. The summed E-state index contributed by atoms with van der Waals surface area (Å²) in [5.74, 6) is -0.192. The van der Waals surface area contributed by atoms with E-state index in [4.69, 9.17) is 4.89 Å². The van der Waals surface area contributed by atoms with Crippen LogP contribution in [0.1, 0.15) is 18.7 Å². The van der Waals surface area contributed by atoms with Gasteiger partial charge in [0.05, 0.1) is 5.56 Å². The molecule has 0 aliphatic rings. The van der Waals surface area contributed by atoms with Crippen LogP contribution >= 0.6 is 8.03 Å². The molecule has 0 aromatic heterocycles. The fourth-order valence-corrected chi connectivity index (χ4v) is 1.59. The summed E-state index contributed by atoms with van der Waals surface area (Å²) >= 11 is 0. The Bertz CT molecular complexity index is 310. The molecule has 64 valence electrons. The van der Waals surface area contributed by atoms with E-state index < -0.39 is 8.03 Å². The van der Waals surface area contributed by atoms with Crippen LogP contribution in [0.25, 0.3) is 0 Å². The summed E-state index contributed by atoms with van der Waals surface area (Å²) in [7, 11) is -2.42. The topological polar surface area (TPSA) is 54.4 Å². The SMILES string of the molecule is CC(=O)c1ccccc1[P+](=O)O.[H-].[Na+]. The molecule has 0 saturated carbocycles. The molecule has 5 heteroatoms. The van der Waals surface area contributed by atoms with Crippen molar-refractivity contribution in [3.63, 3.8) is 0 Å². The van der Waals surface area contributed by atoms with Crippen molar-refractivity contribution in [1.29, 1.82) is 0 Å². The van der Waals surface area contributed by atoms with Crippen molar-refractivity contribution in [3.05, 3.63) is 29.8 Å². The summed E-state index contributed by atoms with van der Waals surface area (Å²) in [4.78, 5) is 19.7. The van der Waals surface area contributed by atoms with Crippen LogP contribution in [-0.2, 0) is 4.57 Å². The molecule has 0 amide bonds. The molecule has 0 saturated heterocycles. The molecule has 1 atom stereocenters. The van der Waals surface area contributed by atoms with Crippen molar-refractivity contribution in [2.24, 2.45) is 0 Å². The minimum absolute atomic E-state index is 0. The number of benzene rings is 1. The molecular formula is C8H9NaO3P+. The van der Waals surface area contributed by atoms with Crippen molar-refractivity contribution >= 4 is 19.1 Å². The Morgan fingerprint density at radius 1 is 1.46 bits per heavy atom. The molecule has 0 fully saturated rings. The summed E-state index contributed by atoms with van der Waals surface area (Å²) in [6, 6.07) is 6.32. The van der Waals surface area contributed by atoms with Gasteiger partial charge in [0.25, 0.3) is 0 Å². The van der Waals surface area contributed by atoms with Gasteiger partial charge in [0.15, 0.2) is 5.78 Å². The van der Waals surface area contributed by atoms with Gasteiger partial charge in [-0.2, -0.15) is 4.89 Å². The summed E-state index contributed by atoms with van der Waals surface area (Å²) in [5, 5.41) is 0.208. The molecule has 1 unspecified atom stereocenters. The van der Waals surface area contributed by atoms with Gasteiger partial charge in [-0.25, -0.2) is 0 Å². The van der Waals surface area contributed by atoms with Crippen LogP contribution < -0.4 is 34.9 Å². The summed E-state index contributed by atoms with van der Waals surface area (Å²) in [5.41, 5.74) is 0.320. The van der Waals surface area contributed by atoms with Crippen LogP contribution in [0.5, 0.6) is 0 Å². The first-order valence-electron chi connectivity index (χ1n) is 3.39. The molecular weight excluding hydrogens is 198 g/mol. The Morgan fingerprint density at radius 3 is 2.38 bits per heavy atom. The fraction of sp³-hybridized carbons (Fsp3) is 0.125. The molecule has 1 rings (SSSR count). The summed E-state index contributed by atoms with van der Waals surface area (Å²) in [6.45, 7) is 1.37. The minimum atomic E-state index is -2.42. The smallest absolute Gasteiger partial charge is 1.00 e. The van der Waals surface area contributed by atoms with Crippen LogP contribution in [0.3, 0.4) is 0 Å². The largest absolute Gasteiger partial charge is 1.00 e. The normalized spacial score (nSPS) is 10.2. The number of ketones is 1. The van der Waals surface area contributed by atoms with E-state index in [1.807, 2.05) is 0 Å². The first-order chi connectivity index (χ1) is 5.63. The van der Waals surface area contributed by atoms with Crippen molar-refractivity contribution in [2.45, 2.75) is 6.92 Å². The molecule has 0 spiro atoms. The first-order valence-corrected chi connectivity index (χ1v) is 4.60. The van der Waals surface area contributed by atoms with E-state index in [0.717, 1.165) is 0 Å². The molecule has 1 aromatic rings. The summed E-state index contributed by atoms with van der Waals surface area (Å²) < 4.78 is 10.7. The van der Waals surface area contributed by atoms with Gasteiger partial charge in [-0.15, -0.1) is 0 Å². The third kappa shape index (κ3) is 3.29. The van der Waals surface area contributed by atoms with Gasteiger partial charge in [-0.3, -0.25) is 4.79 Å². The molecule has 1 aromatic carbocycles. The average molecular weight is 207 g/mol. The van der Waals surface area contributed by atoms with Gasteiger partial charge < -0.3 is 1.43 Å². The van der Waals surface area contributed by atoms with Gasteiger partial charge in [0.2, 0.25) is 5.30 Å². The van der Waals surface area contributed by atoms with Crippen LogP contribution in [0.15, 0.2) is 24.3 Å². The second-order valence-corrected chi connectivity index (χ2v) is 3.37. The first kappa shape index (κ1) is 12.9. The second-order valence-electron chi connectivity index (χ2n) is 2.35. The molecule has 0 bridgehead atoms. The molecule has 13 heavy (non-hydrogen) atoms. The molecule has 0 heterocycles. The van der Waals surface area contributed by atoms with Crippen LogP contribution in [0.2, 0.25) is 0 Å². The van der Waals surface area contributed by atoms with E-state index in [9.17, 15) is 9.36 Å². The maximum absolute atomic E-state index is 10.9. The van der Waals surface area contributed by atoms with Crippen molar-refractivity contribution in [1.82, 2.24) is 0 Å². The van der Waals surface area contributed by atoms with E-state index in [0.29, 0.717) is 5.56 Å². The Morgan fingerprint density at radius 2 is 2.00 bits per heavy atom. The van der Waals surface area contributed by atoms with Crippen molar-refractivity contribution in [2.75, 3.05) is 0 Å². The number of hydrogen-bond donors (Lipinski definition) is 1. The zero-order chi connectivity index (χ0) is 9.14. The molecule has 0 radical (unpaired) electrons. The summed E-state index contributed by atoms with van der Waals surface area (Å²) in [6.07, 6.45) is 0. The fourth-order valence-electron chi connectivity index (χ4n) is 0.938. The van der Waals surface area contributed by atoms with Gasteiger partial charge in [-0.1, -0.05) is 12.1 Å². The number of carbonyl (C=O) groups is 1. The predicted octanol–water partition coefficient (Wildman–Crippen LogP) is -1.63. The van der Waals surface area contributed by atoms with Gasteiger partial charge in [0.1, 0.15) is 0 Å². The van der Waals surface area contributed by atoms with Crippen molar-refractivity contribution < 1.29 is 45.2 Å². The van der Waals surface area contributed by atoms with Gasteiger partial charge >= 0.3 is 37.6 Å². The van der Waals surface area contributed by atoms with Gasteiger partial charge in [0, 0.05) is 0 Å². The zero-order valence-electron chi connectivity index (χ0n) is 8.52. The predicted molar refractivity (Wildman–Crippen MR) is 47.0 cm³/mol. The van der Waals surface area contributed by atoms with E-state index in [1.165, 1.54) is 13.0 Å². The standard InChI is InChI=1S/C8H7O3P.Na.H/c1-6(9)7-4-2-3-5-8(7)12(10)11;;/h2-5H,1H3;;/q;+1;-1/p+1. The van der Waals surface area contributed by atoms with Crippen LogP contribution in [0, 0.1) is 0 Å². The van der Waals surface area contributed by atoms with E-state index in [2.05, 4.69) is 0 Å². The van der Waals surface area contributed by atoms with Crippen LogP contribution in [-0.4, -0.2) is 10.7 Å². The quantitative estimate of drug-likeness (QED) is 0.359. The Kier molecular flexibility index (Phi) is 5.61. The van der Waals surface area contributed by atoms with Gasteiger partial charge in [-0.05, 0) is 23.6 Å². The van der Waals surface area contributed by atoms with E-state index >= 15 is 0 Å². The third-order valence-corrected chi connectivity index (χ3v) is 2.29. The number of Topliss-reactive ketones (excluding diaryl/α,β-unsaturated/α-hetero) is 1. The molecule has 0 aliphatic heterocycles. The van der Waals surface area contributed by atoms with E-state index in [-0.39, 0.29) is 42.1 Å². The molecule has 3 nitrogen and oxygen atoms in total. The third-order valence-electron chi connectivity index (χ3n) is 1.49. The second kappa shape index (κ2) is 5.63. The Labute approximate surface area is 101 Å². The molecule has 0 aliphatic carbocycles. The number of carbonyl (C=O) groups excluding carboxylic acids is 1. The molecule has 1 N–H and O–H groups in total.